The Hall–Kier alpha value is -1.47. The van der Waals surface area contributed by atoms with Crippen LogP contribution in [0.4, 0.5) is 4.39 Å². The molecule has 0 unspecified atom stereocenters. The van der Waals surface area contributed by atoms with Crippen LogP contribution in [0.2, 0.25) is 0 Å². The smallest absolute Gasteiger partial charge is 0.245 e. The number of benzene rings is 1. The number of carbonyl (C=O) groups excluding carboxylic acids is 1. The normalized spacial score (nSPS) is 18.4. The van der Waals surface area contributed by atoms with Gasteiger partial charge in [-0.2, -0.15) is 4.31 Å². The van der Waals surface area contributed by atoms with E-state index in [1.807, 2.05) is 0 Å². The van der Waals surface area contributed by atoms with Gasteiger partial charge in [0.1, 0.15) is 10.7 Å². The highest BCUT2D eigenvalue weighted by atomic mass is 32.2. The Morgan fingerprint density at radius 3 is 2.37 bits per heavy atom. The van der Waals surface area contributed by atoms with Crippen molar-refractivity contribution in [3.63, 3.8) is 0 Å². The van der Waals surface area contributed by atoms with Crippen LogP contribution in [0.1, 0.15) is 12.8 Å². The second-order valence-corrected chi connectivity index (χ2v) is 6.42. The molecule has 1 amide bonds. The predicted molar refractivity (Wildman–Crippen MR) is 67.1 cm³/mol. The van der Waals surface area contributed by atoms with Gasteiger partial charge in [0.15, 0.2) is 0 Å². The van der Waals surface area contributed by atoms with Crippen LogP contribution in [0.3, 0.4) is 0 Å². The van der Waals surface area contributed by atoms with E-state index in [0.29, 0.717) is 12.8 Å². The monoisotopic (exact) mass is 286 g/mol. The number of hydrogen-bond donors (Lipinski definition) is 1. The Bertz CT molecular complexity index is 580. The van der Waals surface area contributed by atoms with Crippen LogP contribution in [0, 0.1) is 11.7 Å². The summed E-state index contributed by atoms with van der Waals surface area (Å²) in [6, 6.07) is 5.27. The van der Waals surface area contributed by atoms with Crippen molar-refractivity contribution >= 4 is 15.9 Å². The van der Waals surface area contributed by atoms with E-state index >= 15 is 0 Å². The van der Waals surface area contributed by atoms with E-state index in [4.69, 9.17) is 5.73 Å². The number of amides is 1. The van der Waals surface area contributed by atoms with Gasteiger partial charge in [0.2, 0.25) is 15.9 Å². The van der Waals surface area contributed by atoms with E-state index in [0.717, 1.165) is 6.07 Å². The fourth-order valence-corrected chi connectivity index (χ4v) is 3.71. The molecule has 0 aromatic heterocycles. The predicted octanol–water partition coefficient (Wildman–Crippen LogP) is 0.712. The van der Waals surface area contributed by atoms with Crippen LogP contribution in [-0.2, 0) is 14.8 Å². The molecule has 0 bridgehead atoms. The summed E-state index contributed by atoms with van der Waals surface area (Å²) in [6.45, 7) is 0.370. The van der Waals surface area contributed by atoms with Crippen molar-refractivity contribution in [3.05, 3.63) is 30.1 Å². The topological polar surface area (TPSA) is 80.5 Å². The van der Waals surface area contributed by atoms with E-state index in [1.165, 1.54) is 22.5 Å². The number of sulfonamides is 1. The lowest BCUT2D eigenvalue weighted by molar-refractivity contribution is -0.122. The zero-order valence-corrected chi connectivity index (χ0v) is 11.1. The number of rotatable bonds is 3. The summed E-state index contributed by atoms with van der Waals surface area (Å²) < 4.78 is 39.3. The summed E-state index contributed by atoms with van der Waals surface area (Å²) in [5, 5.41) is 0. The molecule has 0 saturated carbocycles. The van der Waals surface area contributed by atoms with Crippen molar-refractivity contribution < 1.29 is 17.6 Å². The highest BCUT2D eigenvalue weighted by Crippen LogP contribution is 2.24. The second-order valence-electron chi connectivity index (χ2n) is 4.51. The Morgan fingerprint density at radius 2 is 1.84 bits per heavy atom. The van der Waals surface area contributed by atoms with Crippen LogP contribution in [0.25, 0.3) is 0 Å². The largest absolute Gasteiger partial charge is 0.369 e. The number of nitrogens with zero attached hydrogens (tertiary/aromatic N) is 1. The maximum absolute atomic E-state index is 13.6. The Labute approximate surface area is 111 Å². The lowest BCUT2D eigenvalue weighted by Gasteiger charge is -2.29. The van der Waals surface area contributed by atoms with Crippen molar-refractivity contribution in [3.8, 4) is 0 Å². The molecule has 1 aliphatic rings. The van der Waals surface area contributed by atoms with E-state index in [9.17, 15) is 17.6 Å². The molecule has 5 nitrogen and oxygen atoms in total. The average molecular weight is 286 g/mol. The molecule has 1 aromatic rings. The minimum atomic E-state index is -3.84. The molecule has 0 aliphatic carbocycles. The Balaban J connectivity index is 2.19. The van der Waals surface area contributed by atoms with Gasteiger partial charge < -0.3 is 5.73 Å². The molecule has 104 valence electrons. The summed E-state index contributed by atoms with van der Waals surface area (Å²) in [7, 11) is -3.84. The quantitative estimate of drug-likeness (QED) is 0.888. The fourth-order valence-electron chi connectivity index (χ4n) is 2.17. The summed E-state index contributed by atoms with van der Waals surface area (Å²) in [5.74, 6) is -1.48. The van der Waals surface area contributed by atoms with Gasteiger partial charge in [-0.25, -0.2) is 12.8 Å². The molecule has 1 saturated heterocycles. The molecule has 1 aromatic carbocycles. The Morgan fingerprint density at radius 1 is 1.26 bits per heavy atom. The van der Waals surface area contributed by atoms with Crippen LogP contribution in [0.5, 0.6) is 0 Å². The minimum absolute atomic E-state index is 0.185. The molecule has 1 heterocycles. The van der Waals surface area contributed by atoms with Gasteiger partial charge in [-0.15, -0.1) is 0 Å². The Kier molecular flexibility index (Phi) is 3.86. The zero-order valence-electron chi connectivity index (χ0n) is 10.3. The average Bonchev–Trinajstić information content (AvgIpc) is 2.39. The first-order chi connectivity index (χ1) is 8.93. The molecule has 0 spiro atoms. The van der Waals surface area contributed by atoms with Gasteiger partial charge in [-0.05, 0) is 25.0 Å². The first kappa shape index (κ1) is 14.0. The molecule has 7 heteroatoms. The fraction of sp³-hybridized carbons (Fsp3) is 0.417. The molecule has 2 N–H and O–H groups in total. The van der Waals surface area contributed by atoms with E-state index in [-0.39, 0.29) is 23.9 Å². The van der Waals surface area contributed by atoms with Gasteiger partial charge in [0.25, 0.3) is 0 Å². The molecule has 1 aliphatic heterocycles. The van der Waals surface area contributed by atoms with Crippen LogP contribution < -0.4 is 5.73 Å². The molecule has 0 radical (unpaired) electrons. The standard InChI is InChI=1S/C12H15FN2O3S/c13-10-3-1-2-4-11(10)19(17,18)15-7-5-9(6-8-15)12(14)16/h1-4,9H,5-8H2,(H2,14,16). The number of carbonyl (C=O) groups is 1. The van der Waals surface area contributed by atoms with Crippen LogP contribution in [-0.4, -0.2) is 31.7 Å². The molecule has 0 atom stereocenters. The van der Waals surface area contributed by atoms with Crippen LogP contribution >= 0.6 is 0 Å². The SMILES string of the molecule is NC(=O)C1CCN(S(=O)(=O)c2ccccc2F)CC1. The van der Waals surface area contributed by atoms with E-state index < -0.39 is 21.7 Å². The third-order valence-corrected chi connectivity index (χ3v) is 5.24. The van der Waals surface area contributed by atoms with E-state index in [2.05, 4.69) is 0 Å². The molecule has 19 heavy (non-hydrogen) atoms. The molecular weight excluding hydrogens is 271 g/mol. The van der Waals surface area contributed by atoms with Crippen molar-refractivity contribution in [1.82, 2.24) is 4.31 Å². The van der Waals surface area contributed by atoms with Crippen molar-refractivity contribution in [2.24, 2.45) is 11.7 Å². The van der Waals surface area contributed by atoms with Gasteiger partial charge in [-0.1, -0.05) is 12.1 Å². The summed E-state index contributed by atoms with van der Waals surface area (Å²) in [4.78, 5) is 10.7. The first-order valence-corrected chi connectivity index (χ1v) is 7.41. The minimum Gasteiger partial charge on any atom is -0.369 e. The number of primary amides is 1. The van der Waals surface area contributed by atoms with E-state index in [1.54, 1.807) is 0 Å². The second kappa shape index (κ2) is 5.26. The molecular formula is C12H15FN2O3S. The summed E-state index contributed by atoms with van der Waals surface area (Å²) >= 11 is 0. The zero-order chi connectivity index (χ0) is 14.0. The number of piperidine rings is 1. The van der Waals surface area contributed by atoms with Gasteiger partial charge in [0.05, 0.1) is 0 Å². The maximum Gasteiger partial charge on any atom is 0.245 e. The molecule has 1 fully saturated rings. The highest BCUT2D eigenvalue weighted by Gasteiger charge is 2.32. The summed E-state index contributed by atoms with van der Waals surface area (Å²) in [5.41, 5.74) is 5.19. The lowest BCUT2D eigenvalue weighted by Crippen LogP contribution is -2.41. The van der Waals surface area contributed by atoms with Crippen molar-refractivity contribution in [1.29, 1.82) is 0 Å². The first-order valence-electron chi connectivity index (χ1n) is 5.97. The number of halogens is 1. The third-order valence-electron chi connectivity index (χ3n) is 3.31. The number of hydrogen-bond acceptors (Lipinski definition) is 3. The van der Waals surface area contributed by atoms with Crippen LogP contribution in [0.15, 0.2) is 29.2 Å². The third kappa shape index (κ3) is 2.76. The lowest BCUT2D eigenvalue weighted by atomic mass is 9.98. The van der Waals surface area contributed by atoms with Gasteiger partial charge in [-0.3, -0.25) is 4.79 Å². The molecule has 2 rings (SSSR count). The highest BCUT2D eigenvalue weighted by molar-refractivity contribution is 7.89. The summed E-state index contributed by atoms with van der Waals surface area (Å²) in [6.07, 6.45) is 0.756. The van der Waals surface area contributed by atoms with Gasteiger partial charge >= 0.3 is 0 Å². The van der Waals surface area contributed by atoms with Crippen molar-refractivity contribution in [2.45, 2.75) is 17.7 Å². The maximum atomic E-state index is 13.6. The van der Waals surface area contributed by atoms with Gasteiger partial charge in [0, 0.05) is 19.0 Å². The number of nitrogens with two attached hydrogens (primary N) is 1. The van der Waals surface area contributed by atoms with Crippen molar-refractivity contribution in [2.75, 3.05) is 13.1 Å².